The van der Waals surface area contributed by atoms with E-state index in [2.05, 4.69) is 9.99 Å². The van der Waals surface area contributed by atoms with Gasteiger partial charge in [0, 0.05) is 5.41 Å². The third kappa shape index (κ3) is 3.03. The van der Waals surface area contributed by atoms with Crippen LogP contribution in [0, 0.1) is 5.41 Å². The van der Waals surface area contributed by atoms with Crippen LogP contribution in [0.2, 0.25) is 0 Å². The molecule has 0 spiro atoms. The van der Waals surface area contributed by atoms with Crippen LogP contribution in [0.15, 0.2) is 5.16 Å². The van der Waals surface area contributed by atoms with Crippen LogP contribution in [-0.4, -0.2) is 18.6 Å². The van der Waals surface area contributed by atoms with Crippen molar-refractivity contribution in [3.8, 4) is 0 Å². The molecular weight excluding hydrogens is 154 g/mol. The lowest BCUT2D eigenvalue weighted by Crippen LogP contribution is -2.28. The molecule has 0 rings (SSSR count). The minimum absolute atomic E-state index is 0.0480. The smallest absolute Gasteiger partial charge is 0.185 e. The van der Waals surface area contributed by atoms with Gasteiger partial charge in [0.15, 0.2) is 5.78 Å². The van der Waals surface area contributed by atoms with Gasteiger partial charge in [0.25, 0.3) is 0 Å². The van der Waals surface area contributed by atoms with E-state index in [0.717, 1.165) is 0 Å². The predicted molar refractivity (Wildman–Crippen MR) is 49.2 cm³/mol. The van der Waals surface area contributed by atoms with Crippen LogP contribution < -0.4 is 0 Å². The van der Waals surface area contributed by atoms with Crippen molar-refractivity contribution in [3.05, 3.63) is 0 Å². The molecular formula is C9H17NO2. The standard InChI is InChI=1S/C9H17NO2/c1-6-7(10-12-5)8(11)9(2,3)4/h6H2,1-5H3/b10-7+. The van der Waals surface area contributed by atoms with Crippen LogP contribution in [0.25, 0.3) is 0 Å². The van der Waals surface area contributed by atoms with Crippen molar-refractivity contribution in [2.75, 3.05) is 7.11 Å². The van der Waals surface area contributed by atoms with Gasteiger partial charge in [0.1, 0.15) is 12.8 Å². The Morgan fingerprint density at radius 2 is 1.92 bits per heavy atom. The van der Waals surface area contributed by atoms with E-state index < -0.39 is 0 Å². The van der Waals surface area contributed by atoms with Crippen molar-refractivity contribution < 1.29 is 9.63 Å². The number of hydrogen-bond acceptors (Lipinski definition) is 3. The van der Waals surface area contributed by atoms with E-state index >= 15 is 0 Å². The van der Waals surface area contributed by atoms with Crippen LogP contribution in [-0.2, 0) is 9.63 Å². The van der Waals surface area contributed by atoms with Gasteiger partial charge in [0.05, 0.1) is 0 Å². The topological polar surface area (TPSA) is 38.7 Å². The molecule has 0 aromatic heterocycles. The zero-order chi connectivity index (χ0) is 9.78. The summed E-state index contributed by atoms with van der Waals surface area (Å²) in [5.41, 5.74) is 0.137. The molecule has 0 bridgehead atoms. The normalized spacial score (nSPS) is 12.9. The Labute approximate surface area is 73.8 Å². The number of carbonyl (C=O) groups excluding carboxylic acids is 1. The van der Waals surface area contributed by atoms with E-state index in [9.17, 15) is 4.79 Å². The van der Waals surface area contributed by atoms with Gasteiger partial charge in [-0.1, -0.05) is 32.9 Å². The minimum atomic E-state index is -0.368. The van der Waals surface area contributed by atoms with Gasteiger partial charge < -0.3 is 4.84 Å². The van der Waals surface area contributed by atoms with E-state index in [0.29, 0.717) is 12.1 Å². The van der Waals surface area contributed by atoms with Crippen molar-refractivity contribution in [1.29, 1.82) is 0 Å². The zero-order valence-electron chi connectivity index (χ0n) is 8.47. The molecule has 0 N–H and O–H groups in total. The third-order valence-electron chi connectivity index (χ3n) is 1.48. The number of rotatable bonds is 3. The highest BCUT2D eigenvalue weighted by atomic mass is 16.6. The van der Waals surface area contributed by atoms with Gasteiger partial charge in [-0.2, -0.15) is 0 Å². The average Bonchev–Trinajstić information content (AvgIpc) is 1.97. The lowest BCUT2D eigenvalue weighted by Gasteiger charge is -2.16. The highest BCUT2D eigenvalue weighted by molar-refractivity contribution is 6.41. The molecule has 0 saturated carbocycles. The van der Waals surface area contributed by atoms with Crippen molar-refractivity contribution in [2.24, 2.45) is 10.6 Å². The SMILES string of the molecule is CC/C(=N\OC)C(=O)C(C)(C)C. The number of oxime groups is 1. The molecule has 12 heavy (non-hydrogen) atoms. The fourth-order valence-corrected chi connectivity index (χ4v) is 0.810. The number of carbonyl (C=O) groups is 1. The maximum absolute atomic E-state index is 11.6. The highest BCUT2D eigenvalue weighted by Gasteiger charge is 2.25. The summed E-state index contributed by atoms with van der Waals surface area (Å²) in [5, 5.41) is 3.68. The molecule has 0 atom stereocenters. The van der Waals surface area contributed by atoms with Crippen LogP contribution in [0.3, 0.4) is 0 Å². The number of Topliss-reactive ketones (excluding diaryl/α,β-unsaturated/α-hetero) is 1. The molecule has 0 aromatic carbocycles. The summed E-state index contributed by atoms with van der Waals surface area (Å²) in [6.07, 6.45) is 0.615. The maximum Gasteiger partial charge on any atom is 0.185 e. The maximum atomic E-state index is 11.6. The summed E-state index contributed by atoms with van der Waals surface area (Å²) < 4.78 is 0. The van der Waals surface area contributed by atoms with Gasteiger partial charge in [-0.3, -0.25) is 4.79 Å². The van der Waals surface area contributed by atoms with Crippen molar-refractivity contribution in [1.82, 2.24) is 0 Å². The number of nitrogens with zero attached hydrogens (tertiary/aromatic N) is 1. The Kier molecular flexibility index (Phi) is 3.93. The Balaban J connectivity index is 4.55. The summed E-state index contributed by atoms with van der Waals surface area (Å²) in [5.74, 6) is 0.0480. The first-order valence-electron chi connectivity index (χ1n) is 4.08. The van der Waals surface area contributed by atoms with Gasteiger partial charge in [0.2, 0.25) is 0 Å². The molecule has 0 saturated heterocycles. The molecule has 3 heteroatoms. The fraction of sp³-hybridized carbons (Fsp3) is 0.778. The first-order chi connectivity index (χ1) is 5.43. The average molecular weight is 171 g/mol. The molecule has 0 aromatic rings. The summed E-state index contributed by atoms with van der Waals surface area (Å²) >= 11 is 0. The quantitative estimate of drug-likeness (QED) is 0.481. The highest BCUT2D eigenvalue weighted by Crippen LogP contribution is 2.16. The van der Waals surface area contributed by atoms with Gasteiger partial charge in [-0.25, -0.2) is 0 Å². The Bertz CT molecular complexity index is 189. The largest absolute Gasteiger partial charge is 0.399 e. The first kappa shape index (κ1) is 11.1. The first-order valence-corrected chi connectivity index (χ1v) is 4.08. The van der Waals surface area contributed by atoms with Gasteiger partial charge in [-0.05, 0) is 6.42 Å². The second-order valence-corrected chi connectivity index (χ2v) is 3.65. The second-order valence-electron chi connectivity index (χ2n) is 3.65. The second kappa shape index (κ2) is 4.24. The van der Waals surface area contributed by atoms with E-state index in [1.807, 2.05) is 27.7 Å². The summed E-state index contributed by atoms with van der Waals surface area (Å²) in [4.78, 5) is 16.2. The summed E-state index contributed by atoms with van der Waals surface area (Å²) in [6, 6.07) is 0. The summed E-state index contributed by atoms with van der Waals surface area (Å²) in [6.45, 7) is 7.50. The van der Waals surface area contributed by atoms with Crippen LogP contribution in [0.5, 0.6) is 0 Å². The molecule has 0 aliphatic rings. The van der Waals surface area contributed by atoms with E-state index in [4.69, 9.17) is 0 Å². The molecule has 0 heterocycles. The molecule has 0 radical (unpaired) electrons. The summed E-state index contributed by atoms with van der Waals surface area (Å²) in [7, 11) is 1.45. The molecule has 70 valence electrons. The Morgan fingerprint density at radius 3 is 2.17 bits per heavy atom. The van der Waals surface area contributed by atoms with Gasteiger partial charge >= 0.3 is 0 Å². The molecule has 0 amide bonds. The fourth-order valence-electron chi connectivity index (χ4n) is 0.810. The van der Waals surface area contributed by atoms with E-state index in [-0.39, 0.29) is 11.2 Å². The van der Waals surface area contributed by atoms with E-state index in [1.165, 1.54) is 7.11 Å². The third-order valence-corrected chi connectivity index (χ3v) is 1.48. The van der Waals surface area contributed by atoms with Gasteiger partial charge in [-0.15, -0.1) is 0 Å². The van der Waals surface area contributed by atoms with Crippen LogP contribution >= 0.6 is 0 Å². The monoisotopic (exact) mass is 171 g/mol. The zero-order valence-corrected chi connectivity index (χ0v) is 8.47. The predicted octanol–water partition coefficient (Wildman–Crippen LogP) is 2.01. The van der Waals surface area contributed by atoms with E-state index in [1.54, 1.807) is 0 Å². The molecule has 3 nitrogen and oxygen atoms in total. The Hall–Kier alpha value is -0.860. The van der Waals surface area contributed by atoms with Crippen LogP contribution in [0.4, 0.5) is 0 Å². The molecule has 0 fully saturated rings. The lowest BCUT2D eigenvalue weighted by atomic mass is 9.87. The van der Waals surface area contributed by atoms with Crippen molar-refractivity contribution in [2.45, 2.75) is 34.1 Å². The molecule has 0 aliphatic carbocycles. The van der Waals surface area contributed by atoms with Crippen molar-refractivity contribution >= 4 is 11.5 Å². The van der Waals surface area contributed by atoms with Crippen molar-refractivity contribution in [3.63, 3.8) is 0 Å². The Morgan fingerprint density at radius 1 is 1.42 bits per heavy atom. The lowest BCUT2D eigenvalue weighted by molar-refractivity contribution is -0.119. The minimum Gasteiger partial charge on any atom is -0.399 e. The number of ketones is 1. The molecule has 0 unspecified atom stereocenters. The number of hydrogen-bond donors (Lipinski definition) is 0. The molecule has 0 aliphatic heterocycles. The van der Waals surface area contributed by atoms with Crippen LogP contribution in [0.1, 0.15) is 34.1 Å².